The third-order valence-electron chi connectivity index (χ3n) is 3.69. The molecular formula is C15H26N4O. The van der Waals surface area contributed by atoms with E-state index in [4.69, 9.17) is 0 Å². The molecule has 2 rings (SSSR count). The maximum Gasteiger partial charge on any atom is 0.268 e. The molecule has 20 heavy (non-hydrogen) atoms. The minimum absolute atomic E-state index is 0.00537. The third-order valence-corrected chi connectivity index (χ3v) is 3.69. The summed E-state index contributed by atoms with van der Waals surface area (Å²) in [6, 6.07) is 2.20. The van der Waals surface area contributed by atoms with E-state index in [-0.39, 0.29) is 5.56 Å². The van der Waals surface area contributed by atoms with Gasteiger partial charge in [-0.1, -0.05) is 20.8 Å². The van der Waals surface area contributed by atoms with Gasteiger partial charge in [-0.15, -0.1) is 0 Å². The van der Waals surface area contributed by atoms with Crippen molar-refractivity contribution in [1.29, 1.82) is 0 Å². The zero-order valence-electron chi connectivity index (χ0n) is 12.8. The molecule has 1 atom stereocenters. The van der Waals surface area contributed by atoms with Crippen LogP contribution in [0.2, 0.25) is 0 Å². The molecule has 0 radical (unpaired) electrons. The van der Waals surface area contributed by atoms with Gasteiger partial charge in [0.1, 0.15) is 0 Å². The van der Waals surface area contributed by atoms with Crippen molar-refractivity contribution in [2.75, 3.05) is 24.5 Å². The molecule has 1 saturated heterocycles. The molecule has 0 amide bonds. The van der Waals surface area contributed by atoms with Gasteiger partial charge in [0.15, 0.2) is 0 Å². The molecule has 1 unspecified atom stereocenters. The minimum Gasteiger partial charge on any atom is -0.370 e. The van der Waals surface area contributed by atoms with Crippen molar-refractivity contribution < 1.29 is 0 Å². The van der Waals surface area contributed by atoms with Gasteiger partial charge in [0, 0.05) is 31.7 Å². The molecule has 1 fully saturated rings. The Balaban J connectivity index is 1.97. The largest absolute Gasteiger partial charge is 0.370 e. The van der Waals surface area contributed by atoms with Gasteiger partial charge in [-0.25, -0.2) is 4.68 Å². The fraction of sp³-hybridized carbons (Fsp3) is 0.733. The van der Waals surface area contributed by atoms with Gasteiger partial charge in [0.05, 0.1) is 11.9 Å². The first-order chi connectivity index (χ1) is 9.56. The fourth-order valence-corrected chi connectivity index (χ4v) is 2.51. The minimum atomic E-state index is 0.00537. The summed E-state index contributed by atoms with van der Waals surface area (Å²) in [5, 5.41) is 7.71. The lowest BCUT2D eigenvalue weighted by Crippen LogP contribution is -2.33. The highest BCUT2D eigenvalue weighted by atomic mass is 16.1. The second-order valence-corrected chi connectivity index (χ2v) is 6.10. The van der Waals surface area contributed by atoms with E-state index in [0.29, 0.717) is 18.5 Å². The highest BCUT2D eigenvalue weighted by Gasteiger charge is 2.14. The van der Waals surface area contributed by atoms with Crippen molar-refractivity contribution in [1.82, 2.24) is 15.1 Å². The lowest BCUT2D eigenvalue weighted by atomic mass is 10.1. The number of nitrogens with one attached hydrogen (secondary N) is 1. The molecule has 5 nitrogen and oxygen atoms in total. The summed E-state index contributed by atoms with van der Waals surface area (Å²) in [6.45, 7) is 10.0. The number of hydrogen-bond donors (Lipinski definition) is 1. The van der Waals surface area contributed by atoms with E-state index in [9.17, 15) is 4.79 Å². The molecule has 0 aliphatic carbocycles. The highest BCUT2D eigenvalue weighted by Crippen LogP contribution is 2.16. The summed E-state index contributed by atoms with van der Waals surface area (Å²) in [5.41, 5.74) is 0.975. The molecule has 0 bridgehead atoms. The van der Waals surface area contributed by atoms with Crippen LogP contribution in [-0.2, 0) is 6.54 Å². The van der Waals surface area contributed by atoms with E-state index in [1.54, 1.807) is 10.7 Å². The second kappa shape index (κ2) is 6.88. The summed E-state index contributed by atoms with van der Waals surface area (Å²) in [5.74, 6) is 0.389. The van der Waals surface area contributed by atoms with E-state index >= 15 is 0 Å². The molecular weight excluding hydrogens is 252 g/mol. The predicted octanol–water partition coefficient (Wildman–Crippen LogP) is 1.48. The Morgan fingerprint density at radius 2 is 2.00 bits per heavy atom. The SMILES string of the molecule is CC(CNC(C)C)Cn1ncc(N2CCCC2)cc1=O. The van der Waals surface area contributed by atoms with Crippen LogP contribution in [0, 0.1) is 5.92 Å². The number of hydrogen-bond acceptors (Lipinski definition) is 4. The molecule has 112 valence electrons. The van der Waals surface area contributed by atoms with Crippen molar-refractivity contribution in [3.63, 3.8) is 0 Å². The van der Waals surface area contributed by atoms with Crippen LogP contribution >= 0.6 is 0 Å². The van der Waals surface area contributed by atoms with Crippen molar-refractivity contribution in [2.24, 2.45) is 5.92 Å². The van der Waals surface area contributed by atoms with Crippen LogP contribution in [0.3, 0.4) is 0 Å². The molecule has 1 aliphatic heterocycles. The maximum atomic E-state index is 12.1. The number of rotatable bonds is 6. The topological polar surface area (TPSA) is 50.2 Å². The van der Waals surface area contributed by atoms with Gasteiger partial charge in [-0.05, 0) is 25.3 Å². The molecule has 1 aromatic heterocycles. The fourth-order valence-electron chi connectivity index (χ4n) is 2.51. The Kier molecular flexibility index (Phi) is 5.17. The van der Waals surface area contributed by atoms with Gasteiger partial charge in [0.2, 0.25) is 0 Å². The molecule has 0 saturated carbocycles. The van der Waals surface area contributed by atoms with Crippen LogP contribution in [-0.4, -0.2) is 35.5 Å². The average Bonchev–Trinajstić information content (AvgIpc) is 2.92. The summed E-state index contributed by atoms with van der Waals surface area (Å²) >= 11 is 0. The van der Waals surface area contributed by atoms with Crippen LogP contribution < -0.4 is 15.8 Å². The maximum absolute atomic E-state index is 12.1. The van der Waals surface area contributed by atoms with E-state index < -0.39 is 0 Å². The van der Waals surface area contributed by atoms with Crippen LogP contribution in [0.5, 0.6) is 0 Å². The Morgan fingerprint density at radius 1 is 1.30 bits per heavy atom. The van der Waals surface area contributed by atoms with Crippen molar-refractivity contribution in [3.8, 4) is 0 Å². The van der Waals surface area contributed by atoms with Crippen molar-refractivity contribution in [3.05, 3.63) is 22.6 Å². The quantitative estimate of drug-likeness (QED) is 0.856. The summed E-state index contributed by atoms with van der Waals surface area (Å²) < 4.78 is 1.58. The zero-order valence-corrected chi connectivity index (χ0v) is 12.8. The lowest BCUT2D eigenvalue weighted by Gasteiger charge is -2.18. The molecule has 1 N–H and O–H groups in total. The Morgan fingerprint density at radius 3 is 2.60 bits per heavy atom. The summed E-state index contributed by atoms with van der Waals surface area (Å²) in [7, 11) is 0. The Labute approximate surface area is 121 Å². The highest BCUT2D eigenvalue weighted by molar-refractivity contribution is 5.43. The first-order valence-corrected chi connectivity index (χ1v) is 7.62. The second-order valence-electron chi connectivity index (χ2n) is 6.10. The van der Waals surface area contributed by atoms with Crippen molar-refractivity contribution in [2.45, 2.75) is 46.2 Å². The number of nitrogens with zero attached hydrogens (tertiary/aromatic N) is 3. The molecule has 0 spiro atoms. The van der Waals surface area contributed by atoms with Gasteiger partial charge >= 0.3 is 0 Å². The predicted molar refractivity (Wildman–Crippen MR) is 82.2 cm³/mol. The average molecular weight is 278 g/mol. The molecule has 0 aromatic carbocycles. The zero-order chi connectivity index (χ0) is 14.5. The van der Waals surface area contributed by atoms with E-state index in [2.05, 4.69) is 36.1 Å². The van der Waals surface area contributed by atoms with Gasteiger partial charge in [-0.3, -0.25) is 4.79 Å². The van der Waals surface area contributed by atoms with Gasteiger partial charge in [0.25, 0.3) is 5.56 Å². The normalized spacial score (nSPS) is 16.9. The summed E-state index contributed by atoms with van der Waals surface area (Å²) in [4.78, 5) is 14.4. The summed E-state index contributed by atoms with van der Waals surface area (Å²) in [6.07, 6.45) is 4.25. The molecule has 2 heterocycles. The monoisotopic (exact) mass is 278 g/mol. The van der Waals surface area contributed by atoms with Crippen LogP contribution in [0.1, 0.15) is 33.6 Å². The lowest BCUT2D eigenvalue weighted by molar-refractivity contribution is 0.396. The number of aromatic nitrogens is 2. The first-order valence-electron chi connectivity index (χ1n) is 7.62. The van der Waals surface area contributed by atoms with E-state index in [0.717, 1.165) is 25.3 Å². The third kappa shape index (κ3) is 4.07. The first kappa shape index (κ1) is 15.0. The molecule has 5 heteroatoms. The standard InChI is InChI=1S/C15H26N4O/c1-12(2)16-9-13(3)11-19-15(20)8-14(10-17-19)18-6-4-5-7-18/h8,10,12-13,16H,4-7,9,11H2,1-3H3. The van der Waals surface area contributed by atoms with E-state index in [1.165, 1.54) is 12.8 Å². The van der Waals surface area contributed by atoms with Crippen LogP contribution in [0.25, 0.3) is 0 Å². The Hall–Kier alpha value is -1.36. The van der Waals surface area contributed by atoms with Gasteiger partial charge < -0.3 is 10.2 Å². The van der Waals surface area contributed by atoms with Crippen molar-refractivity contribution >= 4 is 5.69 Å². The smallest absolute Gasteiger partial charge is 0.268 e. The van der Waals surface area contributed by atoms with Crippen LogP contribution in [0.4, 0.5) is 5.69 Å². The van der Waals surface area contributed by atoms with Crippen LogP contribution in [0.15, 0.2) is 17.1 Å². The number of anilines is 1. The van der Waals surface area contributed by atoms with Gasteiger partial charge in [-0.2, -0.15) is 5.10 Å². The molecule has 1 aliphatic rings. The Bertz CT molecular complexity index is 477. The molecule has 1 aromatic rings. The van der Waals surface area contributed by atoms with E-state index in [1.807, 2.05) is 6.20 Å².